The summed E-state index contributed by atoms with van der Waals surface area (Å²) >= 11 is 0. The van der Waals surface area contributed by atoms with Crippen molar-refractivity contribution in [2.75, 3.05) is 52.7 Å². The molecular formula is C19H39NO4. The Bertz CT molecular complexity index is 284. The molecule has 0 aliphatic carbocycles. The van der Waals surface area contributed by atoms with E-state index in [-0.39, 0.29) is 12.1 Å². The molecule has 1 aromatic carbocycles. The first-order valence-electron chi connectivity index (χ1n) is 8.66. The second-order valence-corrected chi connectivity index (χ2v) is 4.82. The van der Waals surface area contributed by atoms with Crippen LogP contribution in [0.3, 0.4) is 0 Å². The third-order valence-electron chi connectivity index (χ3n) is 3.03. The summed E-state index contributed by atoms with van der Waals surface area (Å²) in [6.45, 7) is 17.2. The maximum atomic E-state index is 7.57. The first kappa shape index (κ1) is 27.8. The second kappa shape index (κ2) is 24.3. The lowest BCUT2D eigenvalue weighted by Crippen LogP contribution is -2.21. The van der Waals surface area contributed by atoms with Crippen LogP contribution in [0.2, 0.25) is 0 Å². The standard InChI is InChI=1S/C7H8.C6H15N.C4H8O2.C2H6O.H2O/c1-7-5-3-2-4-6-7;1-4-7(5-2)6-3;1-2-6-4-3-5-1;1-2-3;/h2-6H,1H3;4-6H2,1-3H3;1-4H2;3H,2H2,1H3;1H2. The van der Waals surface area contributed by atoms with Gasteiger partial charge in [0.05, 0.1) is 26.4 Å². The zero-order chi connectivity index (χ0) is 17.8. The summed E-state index contributed by atoms with van der Waals surface area (Å²) in [7, 11) is 0. The molecule has 0 spiro atoms. The van der Waals surface area contributed by atoms with Gasteiger partial charge in [0.25, 0.3) is 0 Å². The molecule has 0 radical (unpaired) electrons. The van der Waals surface area contributed by atoms with Crippen LogP contribution in [0.25, 0.3) is 0 Å². The highest BCUT2D eigenvalue weighted by Gasteiger charge is 1.94. The summed E-state index contributed by atoms with van der Waals surface area (Å²) in [5, 5.41) is 7.57. The van der Waals surface area contributed by atoms with E-state index in [0.29, 0.717) is 0 Å². The first-order chi connectivity index (χ1) is 11.2. The molecule has 0 unspecified atom stereocenters. The van der Waals surface area contributed by atoms with Crippen LogP contribution in [0.5, 0.6) is 0 Å². The van der Waals surface area contributed by atoms with Gasteiger partial charge in [-0.1, -0.05) is 56.7 Å². The average Bonchev–Trinajstić information content (AvgIpc) is 2.61. The Morgan fingerprint density at radius 3 is 1.29 bits per heavy atom. The summed E-state index contributed by atoms with van der Waals surface area (Å²) in [5.41, 5.74) is 1.32. The highest BCUT2D eigenvalue weighted by molar-refractivity contribution is 5.11. The van der Waals surface area contributed by atoms with Crippen LogP contribution in [-0.4, -0.2) is 68.2 Å². The van der Waals surface area contributed by atoms with Gasteiger partial charge in [-0.2, -0.15) is 0 Å². The maximum Gasteiger partial charge on any atom is 0.0701 e. The Kier molecular flexibility index (Phi) is 28.2. The van der Waals surface area contributed by atoms with Gasteiger partial charge >= 0.3 is 0 Å². The molecule has 144 valence electrons. The van der Waals surface area contributed by atoms with Gasteiger partial charge in [0.15, 0.2) is 0 Å². The molecule has 5 heteroatoms. The minimum Gasteiger partial charge on any atom is -0.412 e. The van der Waals surface area contributed by atoms with Gasteiger partial charge in [-0.05, 0) is 33.5 Å². The van der Waals surface area contributed by atoms with E-state index in [1.54, 1.807) is 6.92 Å². The molecule has 1 aliphatic heterocycles. The molecule has 1 heterocycles. The van der Waals surface area contributed by atoms with E-state index in [9.17, 15) is 0 Å². The van der Waals surface area contributed by atoms with Crippen molar-refractivity contribution in [3.05, 3.63) is 35.9 Å². The van der Waals surface area contributed by atoms with E-state index in [1.807, 2.05) is 18.2 Å². The van der Waals surface area contributed by atoms with Crippen LogP contribution in [0.4, 0.5) is 0 Å². The molecule has 3 N–H and O–H groups in total. The first-order valence-corrected chi connectivity index (χ1v) is 8.66. The number of benzene rings is 1. The lowest BCUT2D eigenvalue weighted by Gasteiger charge is -2.13. The third-order valence-corrected chi connectivity index (χ3v) is 3.03. The molecule has 1 fully saturated rings. The van der Waals surface area contributed by atoms with Crippen molar-refractivity contribution in [3.8, 4) is 0 Å². The van der Waals surface area contributed by atoms with Crippen molar-refractivity contribution >= 4 is 0 Å². The third kappa shape index (κ3) is 23.3. The average molecular weight is 346 g/mol. The minimum atomic E-state index is 0. The van der Waals surface area contributed by atoms with E-state index in [2.05, 4.69) is 44.7 Å². The summed E-state index contributed by atoms with van der Waals surface area (Å²) in [4.78, 5) is 2.38. The SMILES string of the molecule is C1COCCO1.CCN(CC)CC.CCO.Cc1ccccc1.O. The van der Waals surface area contributed by atoms with Gasteiger partial charge < -0.3 is 25.0 Å². The fourth-order valence-electron chi connectivity index (χ4n) is 1.65. The number of hydrogen-bond donors (Lipinski definition) is 1. The van der Waals surface area contributed by atoms with Gasteiger partial charge in [0.2, 0.25) is 0 Å². The highest BCUT2D eigenvalue weighted by Crippen LogP contribution is 1.92. The molecule has 0 saturated carbocycles. The summed E-state index contributed by atoms with van der Waals surface area (Å²) in [6, 6.07) is 10.3. The van der Waals surface area contributed by atoms with E-state index >= 15 is 0 Å². The predicted octanol–water partition coefficient (Wildman–Crippen LogP) is 2.55. The lowest BCUT2D eigenvalue weighted by atomic mass is 10.2. The van der Waals surface area contributed by atoms with Crippen LogP contribution in [0, 0.1) is 6.92 Å². The van der Waals surface area contributed by atoms with Crippen molar-refractivity contribution < 1.29 is 20.1 Å². The maximum absolute atomic E-state index is 7.57. The number of hydrogen-bond acceptors (Lipinski definition) is 4. The Balaban J connectivity index is -0.000000251. The van der Waals surface area contributed by atoms with E-state index in [1.165, 1.54) is 25.2 Å². The van der Waals surface area contributed by atoms with Crippen molar-refractivity contribution in [1.82, 2.24) is 4.90 Å². The normalized spacial score (nSPS) is 12.3. The Labute approximate surface area is 148 Å². The quantitative estimate of drug-likeness (QED) is 0.914. The second-order valence-electron chi connectivity index (χ2n) is 4.82. The van der Waals surface area contributed by atoms with E-state index < -0.39 is 0 Å². The van der Waals surface area contributed by atoms with Gasteiger partial charge in [-0.3, -0.25) is 0 Å². The Morgan fingerprint density at radius 2 is 1.17 bits per heavy atom. The molecule has 0 atom stereocenters. The zero-order valence-electron chi connectivity index (χ0n) is 16.3. The van der Waals surface area contributed by atoms with E-state index in [0.717, 1.165) is 26.4 Å². The highest BCUT2D eigenvalue weighted by atomic mass is 16.6. The van der Waals surface area contributed by atoms with Crippen LogP contribution < -0.4 is 0 Å². The molecule has 1 saturated heterocycles. The molecule has 0 aromatic heterocycles. The fourth-order valence-corrected chi connectivity index (χ4v) is 1.65. The van der Waals surface area contributed by atoms with Crippen LogP contribution in [-0.2, 0) is 9.47 Å². The molecule has 1 aliphatic rings. The molecule has 24 heavy (non-hydrogen) atoms. The summed E-state index contributed by atoms with van der Waals surface area (Å²) < 4.78 is 9.89. The van der Waals surface area contributed by atoms with Gasteiger partial charge in [0, 0.05) is 6.61 Å². The number of aliphatic hydroxyl groups excluding tert-OH is 1. The molecule has 5 nitrogen and oxygen atoms in total. The van der Waals surface area contributed by atoms with Crippen LogP contribution in [0.15, 0.2) is 30.3 Å². The minimum absolute atomic E-state index is 0. The molecular weight excluding hydrogens is 306 g/mol. The Hall–Kier alpha value is -0.980. The zero-order valence-corrected chi connectivity index (χ0v) is 16.3. The van der Waals surface area contributed by atoms with Crippen molar-refractivity contribution in [2.24, 2.45) is 0 Å². The molecule has 1 aromatic rings. The van der Waals surface area contributed by atoms with Crippen molar-refractivity contribution in [1.29, 1.82) is 0 Å². The van der Waals surface area contributed by atoms with Crippen LogP contribution in [0.1, 0.15) is 33.3 Å². The number of rotatable bonds is 3. The van der Waals surface area contributed by atoms with E-state index in [4.69, 9.17) is 14.6 Å². The predicted molar refractivity (Wildman–Crippen MR) is 103 cm³/mol. The number of nitrogens with zero attached hydrogens (tertiary/aromatic N) is 1. The van der Waals surface area contributed by atoms with Gasteiger partial charge in [-0.15, -0.1) is 0 Å². The summed E-state index contributed by atoms with van der Waals surface area (Å²) in [6.07, 6.45) is 0. The van der Waals surface area contributed by atoms with Crippen molar-refractivity contribution in [3.63, 3.8) is 0 Å². The van der Waals surface area contributed by atoms with Gasteiger partial charge in [-0.25, -0.2) is 0 Å². The van der Waals surface area contributed by atoms with Crippen molar-refractivity contribution in [2.45, 2.75) is 34.6 Å². The Morgan fingerprint density at radius 1 is 0.833 bits per heavy atom. The van der Waals surface area contributed by atoms with Gasteiger partial charge in [0.1, 0.15) is 0 Å². The smallest absolute Gasteiger partial charge is 0.0701 e. The van der Waals surface area contributed by atoms with Crippen LogP contribution >= 0.6 is 0 Å². The molecule has 2 rings (SSSR count). The topological polar surface area (TPSA) is 73.4 Å². The number of aliphatic hydroxyl groups is 1. The molecule has 0 amide bonds. The monoisotopic (exact) mass is 345 g/mol. The largest absolute Gasteiger partial charge is 0.412 e. The fraction of sp³-hybridized carbons (Fsp3) is 0.684. The number of aryl methyl sites for hydroxylation is 1. The lowest BCUT2D eigenvalue weighted by molar-refractivity contribution is -0.0334. The number of ether oxygens (including phenoxy) is 2. The molecule has 0 bridgehead atoms. The summed E-state index contributed by atoms with van der Waals surface area (Å²) in [5.74, 6) is 0.